The van der Waals surface area contributed by atoms with Gasteiger partial charge in [-0.25, -0.2) is 0 Å². The molecule has 4 fully saturated rings. The van der Waals surface area contributed by atoms with Crippen LogP contribution in [-0.2, 0) is 19.1 Å². The summed E-state index contributed by atoms with van der Waals surface area (Å²) in [6.07, 6.45) is 9.95. The molecule has 0 spiro atoms. The number of hydrogen-bond acceptors (Lipinski definition) is 5. The Morgan fingerprint density at radius 3 is 2.35 bits per heavy atom. The topological polar surface area (TPSA) is 113 Å². The van der Waals surface area contributed by atoms with Crippen molar-refractivity contribution in [2.75, 3.05) is 6.54 Å². The van der Waals surface area contributed by atoms with Crippen molar-refractivity contribution in [1.82, 2.24) is 5.32 Å². The minimum absolute atomic E-state index is 0.0351. The minimum Gasteiger partial charge on any atom is -0.481 e. The number of nitrogens with one attached hydrogen (secondary N) is 1. The maximum absolute atomic E-state index is 12.8. The third-order valence-electron chi connectivity index (χ3n) is 12.6. The molecule has 7 nitrogen and oxygen atoms in total. The number of carboxylic acids is 1. The lowest BCUT2D eigenvalue weighted by atomic mass is 9.43. The van der Waals surface area contributed by atoms with E-state index in [-0.39, 0.29) is 47.9 Å². The van der Waals surface area contributed by atoms with Crippen molar-refractivity contribution in [3.8, 4) is 0 Å². The Morgan fingerprint density at radius 1 is 1.00 bits per heavy atom. The second kappa shape index (κ2) is 11.9. The molecule has 7 heteroatoms. The first-order valence-electron chi connectivity index (χ1n) is 16.1. The normalized spacial score (nSPS) is 39.8. The maximum atomic E-state index is 12.8. The van der Waals surface area contributed by atoms with Crippen LogP contribution >= 0.6 is 0 Å². The molecule has 8 unspecified atom stereocenters. The van der Waals surface area contributed by atoms with Crippen LogP contribution in [0.4, 0.5) is 0 Å². The highest BCUT2D eigenvalue weighted by atomic mass is 16.5. The number of carbonyl (C=O) groups excluding carboxylic acids is 2. The SMILES string of the molecule is CCC(C)(C)C(=O)OC1CC[C@@]2(C)C(C1)CC(O)C1C3CCC(C(C)CCC(=O)NCCC(=O)O)[C@@]3(C)CCC12. The number of hydrogen-bond donors (Lipinski definition) is 3. The molecule has 4 rings (SSSR count). The summed E-state index contributed by atoms with van der Waals surface area (Å²) in [4.78, 5) is 35.8. The highest BCUT2D eigenvalue weighted by Crippen LogP contribution is 2.68. The first kappa shape index (κ1) is 31.3. The van der Waals surface area contributed by atoms with Gasteiger partial charge in [0.2, 0.25) is 5.91 Å². The van der Waals surface area contributed by atoms with Crippen molar-refractivity contribution in [2.24, 2.45) is 51.8 Å². The molecule has 0 aromatic carbocycles. The maximum Gasteiger partial charge on any atom is 0.311 e. The molecule has 0 aromatic rings. The molecule has 10 atom stereocenters. The van der Waals surface area contributed by atoms with Crippen LogP contribution < -0.4 is 5.32 Å². The van der Waals surface area contributed by atoms with E-state index in [4.69, 9.17) is 9.84 Å². The van der Waals surface area contributed by atoms with Crippen molar-refractivity contribution in [1.29, 1.82) is 0 Å². The molecule has 0 aromatic heterocycles. The van der Waals surface area contributed by atoms with Gasteiger partial charge < -0.3 is 20.3 Å². The number of rotatable bonds is 10. The van der Waals surface area contributed by atoms with Gasteiger partial charge in [-0.15, -0.1) is 0 Å². The van der Waals surface area contributed by atoms with Gasteiger partial charge >= 0.3 is 11.9 Å². The lowest BCUT2D eigenvalue weighted by Crippen LogP contribution is -2.59. The first-order valence-corrected chi connectivity index (χ1v) is 16.1. The Kier molecular flexibility index (Phi) is 9.34. The van der Waals surface area contributed by atoms with Crippen molar-refractivity contribution in [2.45, 2.75) is 131 Å². The van der Waals surface area contributed by atoms with Gasteiger partial charge in [-0.05, 0) is 124 Å². The van der Waals surface area contributed by atoms with E-state index < -0.39 is 11.4 Å². The third-order valence-corrected chi connectivity index (χ3v) is 12.6. The Hall–Kier alpha value is -1.63. The molecule has 4 aliphatic rings. The van der Waals surface area contributed by atoms with Crippen molar-refractivity contribution in [3.63, 3.8) is 0 Å². The number of esters is 1. The van der Waals surface area contributed by atoms with Gasteiger partial charge in [0.1, 0.15) is 6.10 Å². The summed E-state index contributed by atoms with van der Waals surface area (Å²) >= 11 is 0. The quantitative estimate of drug-likeness (QED) is 0.283. The molecular formula is C33H55NO6. The zero-order valence-electron chi connectivity index (χ0n) is 25.8. The molecule has 0 heterocycles. The number of ether oxygens (including phenoxy) is 1. The average molecular weight is 562 g/mol. The predicted molar refractivity (Wildman–Crippen MR) is 154 cm³/mol. The zero-order valence-corrected chi connectivity index (χ0v) is 25.8. The monoisotopic (exact) mass is 561 g/mol. The standard InChI is InChI=1S/C33H55NO6/c1-7-31(3,4)30(39)40-22-12-15-32(5)21(18-22)19-26(35)29-24-10-9-23(33(24,6)16-13-25(29)32)20(2)8-11-27(36)34-17-14-28(37)38/h20-26,29,35H,7-19H2,1-6H3,(H,34,36)(H,37,38)/t20?,21?,22?,23?,24?,25?,26?,29?,32-,33+/m0/s1. The minimum atomic E-state index is -0.897. The van der Waals surface area contributed by atoms with Gasteiger partial charge in [0.25, 0.3) is 0 Å². The van der Waals surface area contributed by atoms with E-state index in [0.29, 0.717) is 41.9 Å². The fourth-order valence-electron chi connectivity index (χ4n) is 9.68. The lowest BCUT2D eigenvalue weighted by molar-refractivity contribution is -0.186. The fourth-order valence-corrected chi connectivity index (χ4v) is 9.68. The predicted octanol–water partition coefficient (Wildman–Crippen LogP) is 5.97. The van der Waals surface area contributed by atoms with Gasteiger partial charge in [-0.2, -0.15) is 0 Å². The lowest BCUT2D eigenvalue weighted by Gasteiger charge is -2.62. The molecule has 0 radical (unpaired) electrons. The van der Waals surface area contributed by atoms with Crippen LogP contribution in [-0.4, -0.2) is 46.8 Å². The van der Waals surface area contributed by atoms with E-state index in [0.717, 1.165) is 57.8 Å². The molecule has 0 bridgehead atoms. The summed E-state index contributed by atoms with van der Waals surface area (Å²) < 4.78 is 6.03. The molecule has 40 heavy (non-hydrogen) atoms. The van der Waals surface area contributed by atoms with E-state index in [1.807, 2.05) is 20.8 Å². The molecule has 4 aliphatic carbocycles. The molecule has 0 saturated heterocycles. The Labute approximate surface area is 241 Å². The van der Waals surface area contributed by atoms with Crippen molar-refractivity contribution >= 4 is 17.8 Å². The average Bonchev–Trinajstić information content (AvgIpc) is 3.25. The number of amides is 1. The van der Waals surface area contributed by atoms with Crippen LogP contribution in [0.15, 0.2) is 0 Å². The first-order chi connectivity index (χ1) is 18.7. The van der Waals surface area contributed by atoms with Gasteiger partial charge in [0.05, 0.1) is 17.9 Å². The molecule has 1 amide bonds. The molecular weight excluding hydrogens is 506 g/mol. The Bertz CT molecular complexity index is 949. The van der Waals surface area contributed by atoms with Gasteiger partial charge in [-0.3, -0.25) is 14.4 Å². The van der Waals surface area contributed by atoms with Crippen molar-refractivity contribution < 1.29 is 29.3 Å². The van der Waals surface area contributed by atoms with Crippen LogP contribution in [0.25, 0.3) is 0 Å². The van der Waals surface area contributed by atoms with Gasteiger partial charge in [-0.1, -0.05) is 27.7 Å². The van der Waals surface area contributed by atoms with Crippen LogP contribution in [0.5, 0.6) is 0 Å². The van der Waals surface area contributed by atoms with Crippen LogP contribution in [0.2, 0.25) is 0 Å². The number of aliphatic hydroxyl groups is 1. The van der Waals surface area contributed by atoms with Crippen LogP contribution in [0.3, 0.4) is 0 Å². The summed E-state index contributed by atoms with van der Waals surface area (Å²) in [6, 6.07) is 0. The number of carbonyl (C=O) groups is 3. The second-order valence-corrected chi connectivity index (χ2v) is 15.1. The van der Waals surface area contributed by atoms with E-state index >= 15 is 0 Å². The van der Waals surface area contributed by atoms with E-state index in [1.54, 1.807) is 0 Å². The van der Waals surface area contributed by atoms with E-state index in [1.165, 1.54) is 6.42 Å². The molecule has 0 aliphatic heterocycles. The zero-order chi connectivity index (χ0) is 29.5. The highest BCUT2D eigenvalue weighted by Gasteiger charge is 2.63. The smallest absolute Gasteiger partial charge is 0.311 e. The largest absolute Gasteiger partial charge is 0.481 e. The number of aliphatic hydroxyl groups excluding tert-OH is 1. The molecule has 4 saturated carbocycles. The van der Waals surface area contributed by atoms with Crippen LogP contribution in [0.1, 0.15) is 119 Å². The summed E-state index contributed by atoms with van der Waals surface area (Å²) in [5.41, 5.74) is -0.0821. The van der Waals surface area contributed by atoms with E-state index in [2.05, 4.69) is 26.1 Å². The highest BCUT2D eigenvalue weighted by molar-refractivity contribution is 5.77. The molecule has 228 valence electrons. The summed E-state index contributed by atoms with van der Waals surface area (Å²) in [5.74, 6) is 1.65. The van der Waals surface area contributed by atoms with Crippen LogP contribution in [0, 0.1) is 51.8 Å². The number of aliphatic carboxylic acids is 1. The Morgan fingerprint density at radius 2 is 1.68 bits per heavy atom. The second-order valence-electron chi connectivity index (χ2n) is 15.1. The summed E-state index contributed by atoms with van der Waals surface area (Å²) in [7, 11) is 0. The molecule has 3 N–H and O–H groups in total. The Balaban J connectivity index is 1.38. The van der Waals surface area contributed by atoms with Gasteiger partial charge in [0, 0.05) is 13.0 Å². The van der Waals surface area contributed by atoms with E-state index in [9.17, 15) is 19.5 Å². The summed E-state index contributed by atoms with van der Waals surface area (Å²) in [6.45, 7) is 13.4. The number of carboxylic acid groups (broad SMARTS) is 1. The summed E-state index contributed by atoms with van der Waals surface area (Å²) in [5, 5.41) is 23.2. The fraction of sp³-hybridized carbons (Fsp3) is 0.909. The third kappa shape index (κ3) is 5.96. The van der Waals surface area contributed by atoms with Crippen molar-refractivity contribution in [3.05, 3.63) is 0 Å². The van der Waals surface area contributed by atoms with Gasteiger partial charge in [0.15, 0.2) is 0 Å². The number of fused-ring (bicyclic) bond motifs is 5.